The third-order valence-electron chi connectivity index (χ3n) is 1.99. The van der Waals surface area contributed by atoms with Crippen LogP contribution in [0.2, 0.25) is 13.4 Å². The molecule has 8 heavy (non-hydrogen) atoms. The number of hydrogen-bond donors (Lipinski definition) is 0. The Morgan fingerprint density at radius 2 is 2.25 bits per heavy atom. The second kappa shape index (κ2) is 2.37. The normalized spacial score (nSPS) is 55.6. The zero-order valence-corrected chi connectivity index (χ0v) is 8.57. The van der Waals surface area contributed by atoms with E-state index in [1.807, 2.05) is 0 Å². The Morgan fingerprint density at radius 3 is 2.38 bits per heavy atom. The first kappa shape index (κ1) is 7.19. The van der Waals surface area contributed by atoms with Crippen LogP contribution >= 0.6 is 8.96 Å². The van der Waals surface area contributed by atoms with Crippen molar-refractivity contribution in [3.05, 3.63) is 0 Å². The van der Waals surface area contributed by atoms with Gasteiger partial charge in [-0.3, -0.25) is 0 Å². The summed E-state index contributed by atoms with van der Waals surface area (Å²) in [6.45, 7) is 2.32. The van der Waals surface area contributed by atoms with Crippen LogP contribution in [0.5, 0.6) is 0 Å². The Balaban J connectivity index is 2.54. The van der Waals surface area contributed by atoms with Gasteiger partial charge < -0.3 is 0 Å². The molecule has 0 bridgehead atoms. The topological polar surface area (TPSA) is 0 Å². The summed E-state index contributed by atoms with van der Waals surface area (Å²) in [5, 5.41) is 0. The van der Waals surface area contributed by atoms with Gasteiger partial charge in [-0.2, -0.15) is 0 Å². The van der Waals surface area contributed by atoms with Crippen LogP contribution in [-0.2, 0) is 0 Å². The third-order valence-corrected chi connectivity index (χ3v) is 13.6. The monoisotopic (exact) mass is 250 g/mol. The van der Waals surface area contributed by atoms with E-state index in [2.05, 4.69) is 11.9 Å². The van der Waals surface area contributed by atoms with E-state index < -0.39 is 17.1 Å². The van der Waals surface area contributed by atoms with Crippen molar-refractivity contribution < 1.29 is 0 Å². The molecule has 0 saturated carbocycles. The van der Waals surface area contributed by atoms with E-state index in [1.165, 1.54) is 17.3 Å². The van der Waals surface area contributed by atoms with E-state index in [1.54, 1.807) is 0 Å². The molecule has 2 atom stereocenters. The number of halogens is 1. The van der Waals surface area contributed by atoms with Crippen molar-refractivity contribution in [3.63, 3.8) is 0 Å². The summed E-state index contributed by atoms with van der Waals surface area (Å²) < 4.78 is 2.31. The van der Waals surface area contributed by atoms with E-state index >= 15 is 0 Å². The Morgan fingerprint density at radius 1 is 1.62 bits per heavy atom. The van der Waals surface area contributed by atoms with Gasteiger partial charge in [0.05, 0.1) is 0 Å². The summed E-state index contributed by atoms with van der Waals surface area (Å²) in [6, 6.07) is 0. The van der Waals surface area contributed by atoms with Crippen LogP contribution in [0.15, 0.2) is 0 Å². The zero-order chi connectivity index (χ0) is 6.20. The van der Waals surface area contributed by atoms with E-state index in [9.17, 15) is 0 Å². The molecule has 0 N–H and O–H groups in total. The fourth-order valence-corrected chi connectivity index (χ4v) is 7.54. The molecule has 0 spiro atoms. The van der Waals surface area contributed by atoms with Crippen LogP contribution in [0.25, 0.3) is 0 Å². The molecule has 0 aromatic heterocycles. The van der Waals surface area contributed by atoms with E-state index in [0.29, 0.717) is 0 Å². The average molecular weight is 248 g/mol. The van der Waals surface area contributed by atoms with Crippen molar-refractivity contribution in [2.24, 2.45) is 0 Å². The molecule has 1 fully saturated rings. The Labute approximate surface area is 59.2 Å². The molecule has 1 heterocycles. The van der Waals surface area contributed by atoms with Gasteiger partial charge in [-0.1, -0.05) is 0 Å². The quantitative estimate of drug-likeness (QED) is 0.578. The van der Waals surface area contributed by atoms with Gasteiger partial charge in [-0.05, 0) is 0 Å². The number of rotatable bonds is 0. The molecule has 0 nitrogen and oxygen atoms in total. The summed E-state index contributed by atoms with van der Waals surface area (Å²) in [5.74, 6) is 0. The standard InChI is InChI=1S/C6H13ClTe/c1-6-4-3-5-8(6,2)7/h6H,3-5H2,1-2H3. The molecular formula is C6H13ClTe. The fourth-order valence-electron chi connectivity index (χ4n) is 1.10. The molecule has 0 amide bonds. The molecule has 1 rings (SSSR count). The molecule has 1 aliphatic rings. The van der Waals surface area contributed by atoms with Gasteiger partial charge in [-0.15, -0.1) is 0 Å². The van der Waals surface area contributed by atoms with Gasteiger partial charge >= 0.3 is 59.2 Å². The fraction of sp³-hybridized carbons (Fsp3) is 1.00. The van der Waals surface area contributed by atoms with Gasteiger partial charge in [0.2, 0.25) is 0 Å². The van der Waals surface area contributed by atoms with Gasteiger partial charge in [0.1, 0.15) is 0 Å². The Hall–Kier alpha value is 1.08. The van der Waals surface area contributed by atoms with Crippen LogP contribution < -0.4 is 0 Å². The maximum atomic E-state index is 6.31. The minimum atomic E-state index is -1.65. The second-order valence-corrected chi connectivity index (χ2v) is 16.8. The van der Waals surface area contributed by atoms with Crippen LogP contribution in [0.4, 0.5) is 0 Å². The molecule has 0 aliphatic carbocycles. The maximum absolute atomic E-state index is 6.31. The Bertz CT molecular complexity index is 90.5. The van der Waals surface area contributed by atoms with Gasteiger partial charge in [0.25, 0.3) is 0 Å². The van der Waals surface area contributed by atoms with E-state index in [-0.39, 0.29) is 0 Å². The van der Waals surface area contributed by atoms with Crippen molar-refractivity contribution in [2.75, 3.05) is 0 Å². The summed E-state index contributed by atoms with van der Waals surface area (Å²) in [6.07, 6.45) is 2.81. The first-order valence-corrected chi connectivity index (χ1v) is 11.3. The molecule has 2 unspecified atom stereocenters. The Kier molecular flexibility index (Phi) is 2.13. The molecule has 2 heteroatoms. The van der Waals surface area contributed by atoms with Crippen molar-refractivity contribution in [1.82, 2.24) is 0 Å². The summed E-state index contributed by atoms with van der Waals surface area (Å²) in [4.78, 5) is 2.34. The molecule has 0 radical (unpaired) electrons. The van der Waals surface area contributed by atoms with Gasteiger partial charge in [-0.25, -0.2) is 0 Å². The summed E-state index contributed by atoms with van der Waals surface area (Å²) in [5.41, 5.74) is 0. The average Bonchev–Trinajstić information content (AvgIpc) is 1.86. The number of hydrogen-bond acceptors (Lipinski definition) is 0. The first-order chi connectivity index (χ1) is 3.63. The minimum absolute atomic E-state index is 0.916. The molecule has 0 aromatic rings. The predicted molar refractivity (Wildman–Crippen MR) is 40.9 cm³/mol. The first-order valence-electron chi connectivity index (χ1n) is 3.07. The van der Waals surface area contributed by atoms with Crippen LogP contribution in [-0.4, -0.2) is 17.1 Å². The SMILES string of the molecule is CC1CCC[Te]1(C)Cl. The summed E-state index contributed by atoms with van der Waals surface area (Å²) >= 11 is -1.65. The molecule has 1 saturated heterocycles. The van der Waals surface area contributed by atoms with Gasteiger partial charge in [0.15, 0.2) is 0 Å². The van der Waals surface area contributed by atoms with Crippen LogP contribution in [0.3, 0.4) is 0 Å². The van der Waals surface area contributed by atoms with E-state index in [4.69, 9.17) is 8.96 Å². The van der Waals surface area contributed by atoms with Crippen LogP contribution in [0.1, 0.15) is 19.8 Å². The van der Waals surface area contributed by atoms with E-state index in [0.717, 1.165) is 3.97 Å². The van der Waals surface area contributed by atoms with Crippen LogP contribution in [0, 0.1) is 0 Å². The second-order valence-electron chi connectivity index (χ2n) is 2.70. The predicted octanol–water partition coefficient (Wildman–Crippen LogP) is 2.98. The third kappa shape index (κ3) is 1.32. The van der Waals surface area contributed by atoms with Crippen molar-refractivity contribution >= 4 is 26.0 Å². The molecule has 50 valence electrons. The van der Waals surface area contributed by atoms with Crippen molar-refractivity contribution in [1.29, 1.82) is 0 Å². The molecule has 0 aromatic carbocycles. The van der Waals surface area contributed by atoms with Gasteiger partial charge in [0, 0.05) is 0 Å². The molecular weight excluding hydrogens is 235 g/mol. The summed E-state index contributed by atoms with van der Waals surface area (Å²) in [7, 11) is 6.31. The van der Waals surface area contributed by atoms with Crippen molar-refractivity contribution in [3.8, 4) is 0 Å². The van der Waals surface area contributed by atoms with Crippen molar-refractivity contribution in [2.45, 2.75) is 33.2 Å². The zero-order valence-electron chi connectivity index (χ0n) is 5.48. The molecule has 1 aliphatic heterocycles.